The summed E-state index contributed by atoms with van der Waals surface area (Å²) in [7, 11) is 2.09. The lowest BCUT2D eigenvalue weighted by atomic mass is 9.99. The maximum Gasteiger partial charge on any atom is 0.123 e. The Hall–Kier alpha value is -0.640. The van der Waals surface area contributed by atoms with Crippen molar-refractivity contribution in [3.63, 3.8) is 0 Å². The van der Waals surface area contributed by atoms with E-state index < -0.39 is 0 Å². The SMILES string of the molecule is C[C@@H]1[C@@H](c2cccc(F)c2)OC[C@H](C)N1C.Cl. The van der Waals surface area contributed by atoms with Crippen LogP contribution in [-0.2, 0) is 4.74 Å². The van der Waals surface area contributed by atoms with Crippen LogP contribution in [0.3, 0.4) is 0 Å². The Bertz CT molecular complexity index is 374. The van der Waals surface area contributed by atoms with Gasteiger partial charge in [0.15, 0.2) is 0 Å². The first-order valence-corrected chi connectivity index (χ1v) is 5.68. The van der Waals surface area contributed by atoms with Gasteiger partial charge in [-0.1, -0.05) is 12.1 Å². The predicted molar refractivity (Wildman–Crippen MR) is 69.0 cm³/mol. The molecule has 1 saturated heterocycles. The summed E-state index contributed by atoms with van der Waals surface area (Å²) in [5, 5.41) is 0. The van der Waals surface area contributed by atoms with E-state index in [0.717, 1.165) is 5.56 Å². The van der Waals surface area contributed by atoms with Crippen molar-refractivity contribution in [2.24, 2.45) is 0 Å². The number of nitrogens with zero attached hydrogens (tertiary/aromatic N) is 1. The van der Waals surface area contributed by atoms with E-state index in [-0.39, 0.29) is 30.4 Å². The van der Waals surface area contributed by atoms with Gasteiger partial charge >= 0.3 is 0 Å². The van der Waals surface area contributed by atoms with Crippen LogP contribution in [0.15, 0.2) is 24.3 Å². The summed E-state index contributed by atoms with van der Waals surface area (Å²) in [5.74, 6) is -0.199. The molecule has 1 aromatic carbocycles. The summed E-state index contributed by atoms with van der Waals surface area (Å²) in [6.45, 7) is 4.95. The highest BCUT2D eigenvalue weighted by atomic mass is 35.5. The molecule has 4 heteroatoms. The molecule has 0 N–H and O–H groups in total. The molecule has 17 heavy (non-hydrogen) atoms. The Morgan fingerprint density at radius 3 is 2.71 bits per heavy atom. The van der Waals surface area contributed by atoms with Crippen LogP contribution in [0.4, 0.5) is 4.39 Å². The molecule has 1 fully saturated rings. The van der Waals surface area contributed by atoms with Gasteiger partial charge in [0.05, 0.1) is 12.7 Å². The van der Waals surface area contributed by atoms with E-state index in [1.165, 1.54) is 6.07 Å². The van der Waals surface area contributed by atoms with Crippen LogP contribution >= 0.6 is 12.4 Å². The molecule has 96 valence electrons. The zero-order valence-electron chi connectivity index (χ0n) is 10.4. The number of hydrogen-bond donors (Lipinski definition) is 0. The first-order chi connectivity index (χ1) is 7.59. The van der Waals surface area contributed by atoms with E-state index in [9.17, 15) is 4.39 Å². The third kappa shape index (κ3) is 2.97. The van der Waals surface area contributed by atoms with E-state index in [2.05, 4.69) is 25.8 Å². The molecule has 0 aromatic heterocycles. The van der Waals surface area contributed by atoms with E-state index in [1.54, 1.807) is 12.1 Å². The maximum atomic E-state index is 13.2. The van der Waals surface area contributed by atoms with Crippen molar-refractivity contribution in [1.82, 2.24) is 4.90 Å². The molecule has 0 unspecified atom stereocenters. The number of hydrogen-bond acceptors (Lipinski definition) is 2. The van der Waals surface area contributed by atoms with Gasteiger partial charge in [-0.05, 0) is 38.6 Å². The lowest BCUT2D eigenvalue weighted by Gasteiger charge is -2.41. The Morgan fingerprint density at radius 2 is 2.06 bits per heavy atom. The molecule has 1 heterocycles. The minimum Gasteiger partial charge on any atom is -0.370 e. The topological polar surface area (TPSA) is 12.5 Å². The molecule has 1 aromatic rings. The number of benzene rings is 1. The van der Waals surface area contributed by atoms with Crippen molar-refractivity contribution in [3.8, 4) is 0 Å². The van der Waals surface area contributed by atoms with E-state index in [4.69, 9.17) is 4.74 Å². The second-order valence-corrected chi connectivity index (χ2v) is 4.56. The second-order valence-electron chi connectivity index (χ2n) is 4.56. The van der Waals surface area contributed by atoms with Gasteiger partial charge in [-0.3, -0.25) is 4.90 Å². The van der Waals surface area contributed by atoms with Gasteiger partial charge in [0, 0.05) is 12.1 Å². The standard InChI is InChI=1S/C13H18FNO.ClH/c1-9-8-16-13(10(2)15(9)3)11-5-4-6-12(14)7-11;/h4-7,9-10,13H,8H2,1-3H3;1H/t9-,10+,13-;/m0./s1. The van der Waals surface area contributed by atoms with Gasteiger partial charge in [0.2, 0.25) is 0 Å². The van der Waals surface area contributed by atoms with Gasteiger partial charge < -0.3 is 4.74 Å². The Morgan fingerprint density at radius 1 is 1.35 bits per heavy atom. The third-order valence-corrected chi connectivity index (χ3v) is 3.47. The molecule has 0 aliphatic carbocycles. The summed E-state index contributed by atoms with van der Waals surface area (Å²) in [4.78, 5) is 2.28. The highest BCUT2D eigenvalue weighted by Crippen LogP contribution is 2.29. The molecular weight excluding hydrogens is 241 g/mol. The lowest BCUT2D eigenvalue weighted by Crippen LogP contribution is -2.48. The summed E-state index contributed by atoms with van der Waals surface area (Å²) < 4.78 is 19.0. The van der Waals surface area contributed by atoms with Crippen LogP contribution in [0.5, 0.6) is 0 Å². The molecule has 2 nitrogen and oxygen atoms in total. The second kappa shape index (κ2) is 5.80. The first-order valence-electron chi connectivity index (χ1n) is 5.68. The van der Waals surface area contributed by atoms with Crippen molar-refractivity contribution >= 4 is 12.4 Å². The summed E-state index contributed by atoms with van der Waals surface area (Å²) in [5.41, 5.74) is 0.922. The minimum absolute atomic E-state index is 0. The molecule has 0 amide bonds. The van der Waals surface area contributed by atoms with Crippen LogP contribution in [0.2, 0.25) is 0 Å². The maximum absolute atomic E-state index is 13.2. The third-order valence-electron chi connectivity index (χ3n) is 3.47. The molecule has 0 radical (unpaired) electrons. The van der Waals surface area contributed by atoms with Crippen LogP contribution in [-0.4, -0.2) is 30.6 Å². The van der Waals surface area contributed by atoms with E-state index in [0.29, 0.717) is 12.6 Å². The molecule has 1 aliphatic rings. The largest absolute Gasteiger partial charge is 0.370 e. The van der Waals surface area contributed by atoms with Gasteiger partial charge in [0.1, 0.15) is 5.82 Å². The summed E-state index contributed by atoms with van der Waals surface area (Å²) in [6, 6.07) is 7.37. The van der Waals surface area contributed by atoms with Crippen LogP contribution in [0.25, 0.3) is 0 Å². The highest BCUT2D eigenvalue weighted by molar-refractivity contribution is 5.85. The monoisotopic (exact) mass is 259 g/mol. The minimum atomic E-state index is -0.199. The van der Waals surface area contributed by atoms with Crippen LogP contribution < -0.4 is 0 Å². The number of ether oxygens (including phenoxy) is 1. The van der Waals surface area contributed by atoms with Crippen molar-refractivity contribution in [1.29, 1.82) is 0 Å². The van der Waals surface area contributed by atoms with Gasteiger partial charge in [-0.2, -0.15) is 0 Å². The molecule has 0 saturated carbocycles. The fourth-order valence-corrected chi connectivity index (χ4v) is 2.17. The number of halogens is 2. The van der Waals surface area contributed by atoms with E-state index >= 15 is 0 Å². The molecule has 0 bridgehead atoms. The van der Waals surface area contributed by atoms with E-state index in [1.807, 2.05) is 6.07 Å². The van der Waals surface area contributed by atoms with Gasteiger partial charge in [0.25, 0.3) is 0 Å². The number of morpholine rings is 1. The average molecular weight is 260 g/mol. The molecule has 2 rings (SSSR count). The highest BCUT2D eigenvalue weighted by Gasteiger charge is 2.31. The fraction of sp³-hybridized carbons (Fsp3) is 0.538. The molecule has 1 aliphatic heterocycles. The smallest absolute Gasteiger partial charge is 0.123 e. The molecule has 3 atom stereocenters. The zero-order chi connectivity index (χ0) is 11.7. The zero-order valence-corrected chi connectivity index (χ0v) is 11.2. The van der Waals surface area contributed by atoms with Crippen molar-refractivity contribution < 1.29 is 9.13 Å². The number of rotatable bonds is 1. The van der Waals surface area contributed by atoms with Crippen LogP contribution in [0, 0.1) is 5.82 Å². The fourth-order valence-electron chi connectivity index (χ4n) is 2.17. The Labute approximate surface area is 108 Å². The summed E-state index contributed by atoms with van der Waals surface area (Å²) >= 11 is 0. The van der Waals surface area contributed by atoms with Crippen molar-refractivity contribution in [3.05, 3.63) is 35.6 Å². The summed E-state index contributed by atoms with van der Waals surface area (Å²) in [6.07, 6.45) is -0.0306. The lowest BCUT2D eigenvalue weighted by molar-refractivity contribution is -0.0853. The van der Waals surface area contributed by atoms with Gasteiger partial charge in [-0.25, -0.2) is 4.39 Å². The Kier molecular flexibility index (Phi) is 4.92. The van der Waals surface area contributed by atoms with Gasteiger partial charge in [-0.15, -0.1) is 12.4 Å². The first kappa shape index (κ1) is 14.4. The number of likely N-dealkylation sites (N-methyl/N-ethyl adjacent to an activating group) is 1. The van der Waals surface area contributed by atoms with Crippen molar-refractivity contribution in [2.75, 3.05) is 13.7 Å². The van der Waals surface area contributed by atoms with Crippen molar-refractivity contribution in [2.45, 2.75) is 32.0 Å². The molecule has 0 spiro atoms. The average Bonchev–Trinajstić information content (AvgIpc) is 2.26. The molecular formula is C13H19ClFNO. The quantitative estimate of drug-likeness (QED) is 0.769. The predicted octanol–water partition coefficient (Wildman–Crippen LogP) is 3.03. The normalized spacial score (nSPS) is 29.8. The Balaban J connectivity index is 0.00000144. The van der Waals surface area contributed by atoms with Crippen LogP contribution in [0.1, 0.15) is 25.5 Å².